The molecule has 0 unspecified atom stereocenters. The zero-order valence-electron chi connectivity index (χ0n) is 15.8. The molecule has 2 aromatic heterocycles. The largest absolute Gasteiger partial charge is 0.464 e. The molecule has 3 rings (SSSR count). The number of nitrogens with one attached hydrogen (secondary N) is 1. The molecule has 1 amide bonds. The van der Waals surface area contributed by atoms with Gasteiger partial charge in [-0.05, 0) is 43.7 Å². The van der Waals surface area contributed by atoms with Gasteiger partial charge in [0.1, 0.15) is 5.76 Å². The van der Waals surface area contributed by atoms with Gasteiger partial charge in [0.25, 0.3) is 0 Å². The number of carbonyl (C=O) groups excluding carboxylic acids is 1. The molecule has 0 spiro atoms. The molecule has 0 radical (unpaired) electrons. The maximum absolute atomic E-state index is 12.1. The molecule has 0 atom stereocenters. The third-order valence-corrected chi connectivity index (χ3v) is 6.51. The van der Waals surface area contributed by atoms with Crippen LogP contribution in [0.3, 0.4) is 0 Å². The van der Waals surface area contributed by atoms with Gasteiger partial charge in [0, 0.05) is 12.7 Å². The molecule has 7 nitrogen and oxygen atoms in total. The van der Waals surface area contributed by atoms with Gasteiger partial charge < -0.3 is 9.73 Å². The van der Waals surface area contributed by atoms with Crippen molar-refractivity contribution in [2.45, 2.75) is 37.0 Å². The molecule has 1 N–H and O–H groups in total. The first-order chi connectivity index (χ1) is 13.4. The van der Waals surface area contributed by atoms with Gasteiger partial charge in [-0.25, -0.2) is 8.42 Å². The molecule has 28 heavy (non-hydrogen) atoms. The third kappa shape index (κ3) is 4.69. The normalized spacial score (nSPS) is 11.7. The van der Waals surface area contributed by atoms with Gasteiger partial charge in [0.2, 0.25) is 5.91 Å². The average molecular weight is 401 g/mol. The Labute approximate surface area is 164 Å². The summed E-state index contributed by atoms with van der Waals surface area (Å²) in [5, 5.41) is 6.62. The van der Waals surface area contributed by atoms with E-state index in [0.717, 1.165) is 16.9 Å². The van der Waals surface area contributed by atoms with Gasteiger partial charge in [-0.15, -0.1) is 0 Å². The molecule has 0 bridgehead atoms. The summed E-state index contributed by atoms with van der Waals surface area (Å²) in [6.07, 6.45) is 5.38. The van der Waals surface area contributed by atoms with Crippen LogP contribution in [0.2, 0.25) is 0 Å². The summed E-state index contributed by atoms with van der Waals surface area (Å²) in [5.41, 5.74) is 1.65. The molecular weight excluding hydrogens is 378 g/mol. The number of furan rings is 1. The van der Waals surface area contributed by atoms with Crippen molar-refractivity contribution in [1.29, 1.82) is 0 Å². The Morgan fingerprint density at radius 3 is 2.61 bits per heavy atom. The van der Waals surface area contributed by atoms with E-state index in [1.807, 2.05) is 18.3 Å². The second-order valence-electron chi connectivity index (χ2n) is 6.73. The zero-order chi connectivity index (χ0) is 20.1. The number of carbonyl (C=O) groups is 1. The molecule has 3 aromatic rings. The second kappa shape index (κ2) is 8.43. The molecule has 0 saturated heterocycles. The highest BCUT2D eigenvalue weighted by Crippen LogP contribution is 2.18. The van der Waals surface area contributed by atoms with Crippen LogP contribution in [0.15, 0.2) is 64.4 Å². The fourth-order valence-corrected chi connectivity index (χ4v) is 3.74. The van der Waals surface area contributed by atoms with Crippen molar-refractivity contribution >= 4 is 15.7 Å². The van der Waals surface area contributed by atoms with Gasteiger partial charge in [-0.2, -0.15) is 5.10 Å². The SMILES string of the molecule is CC(C)S(=O)(=O)c1ccc(CC(=O)NCCn2cc(-c3ccco3)cn2)cc1. The number of benzene rings is 1. The predicted octanol–water partition coefficient (Wildman–Crippen LogP) is 2.68. The Kier molecular flexibility index (Phi) is 5.99. The molecule has 1 aromatic carbocycles. The van der Waals surface area contributed by atoms with E-state index < -0.39 is 15.1 Å². The second-order valence-corrected chi connectivity index (χ2v) is 9.24. The molecular formula is C20H23N3O4S. The first-order valence-electron chi connectivity index (χ1n) is 9.02. The topological polar surface area (TPSA) is 94.2 Å². The fraction of sp³-hybridized carbons (Fsp3) is 0.300. The summed E-state index contributed by atoms with van der Waals surface area (Å²) in [6, 6.07) is 10.1. The lowest BCUT2D eigenvalue weighted by Crippen LogP contribution is -2.28. The van der Waals surface area contributed by atoms with E-state index in [1.54, 1.807) is 55.3 Å². The van der Waals surface area contributed by atoms with Crippen LogP contribution in [-0.4, -0.2) is 35.9 Å². The lowest BCUT2D eigenvalue weighted by molar-refractivity contribution is -0.120. The number of aromatic nitrogens is 2. The van der Waals surface area contributed by atoms with E-state index in [0.29, 0.717) is 13.1 Å². The highest BCUT2D eigenvalue weighted by Gasteiger charge is 2.18. The maximum atomic E-state index is 12.1. The summed E-state index contributed by atoms with van der Waals surface area (Å²) in [4.78, 5) is 12.4. The molecule has 0 aliphatic heterocycles. The van der Waals surface area contributed by atoms with E-state index in [9.17, 15) is 13.2 Å². The third-order valence-electron chi connectivity index (χ3n) is 4.34. The van der Waals surface area contributed by atoms with Crippen LogP contribution < -0.4 is 5.32 Å². The van der Waals surface area contributed by atoms with Crippen LogP contribution in [0, 0.1) is 0 Å². The first kappa shape index (κ1) is 19.9. The fourth-order valence-electron chi connectivity index (χ4n) is 2.68. The van der Waals surface area contributed by atoms with Crippen molar-refractivity contribution in [1.82, 2.24) is 15.1 Å². The standard InChI is InChI=1S/C20H23N3O4S/c1-15(2)28(25,26)18-7-5-16(6-8-18)12-20(24)21-9-10-23-14-17(13-22-23)19-4-3-11-27-19/h3-8,11,13-15H,9-10,12H2,1-2H3,(H,21,24). The number of hydrogen-bond donors (Lipinski definition) is 1. The van der Waals surface area contributed by atoms with Gasteiger partial charge in [-0.3, -0.25) is 9.48 Å². The lowest BCUT2D eigenvalue weighted by atomic mass is 10.1. The predicted molar refractivity (Wildman–Crippen MR) is 105 cm³/mol. The number of hydrogen-bond acceptors (Lipinski definition) is 5. The van der Waals surface area contributed by atoms with Crippen molar-refractivity contribution in [3.05, 3.63) is 60.6 Å². The Morgan fingerprint density at radius 1 is 1.21 bits per heavy atom. The number of amides is 1. The Morgan fingerprint density at radius 2 is 1.96 bits per heavy atom. The van der Waals surface area contributed by atoms with Crippen molar-refractivity contribution in [2.75, 3.05) is 6.54 Å². The van der Waals surface area contributed by atoms with Gasteiger partial charge in [-0.1, -0.05) is 12.1 Å². The number of nitrogens with zero attached hydrogens (tertiary/aromatic N) is 2. The first-order valence-corrected chi connectivity index (χ1v) is 10.6. The minimum absolute atomic E-state index is 0.127. The van der Waals surface area contributed by atoms with Crippen molar-refractivity contribution in [2.24, 2.45) is 0 Å². The lowest BCUT2D eigenvalue weighted by Gasteiger charge is -2.09. The van der Waals surface area contributed by atoms with Crippen LogP contribution in [0.4, 0.5) is 0 Å². The number of rotatable bonds is 8. The van der Waals surface area contributed by atoms with Crippen molar-refractivity contribution < 1.29 is 17.6 Å². The molecule has 0 fully saturated rings. The Hall–Kier alpha value is -2.87. The van der Waals surface area contributed by atoms with Crippen LogP contribution in [0.1, 0.15) is 19.4 Å². The molecule has 0 aliphatic rings. The van der Waals surface area contributed by atoms with Crippen LogP contribution in [-0.2, 0) is 27.6 Å². The van der Waals surface area contributed by atoms with Crippen LogP contribution >= 0.6 is 0 Å². The minimum Gasteiger partial charge on any atom is -0.464 e. The summed E-state index contributed by atoms with van der Waals surface area (Å²) in [7, 11) is -3.30. The van der Waals surface area contributed by atoms with E-state index in [-0.39, 0.29) is 17.2 Å². The summed E-state index contributed by atoms with van der Waals surface area (Å²) in [6.45, 7) is 4.28. The van der Waals surface area contributed by atoms with Crippen molar-refractivity contribution in [3.63, 3.8) is 0 Å². The molecule has 0 aliphatic carbocycles. The van der Waals surface area contributed by atoms with Crippen LogP contribution in [0.5, 0.6) is 0 Å². The van der Waals surface area contributed by atoms with Crippen molar-refractivity contribution in [3.8, 4) is 11.3 Å². The smallest absolute Gasteiger partial charge is 0.224 e. The quantitative estimate of drug-likeness (QED) is 0.626. The van der Waals surface area contributed by atoms with E-state index in [4.69, 9.17) is 4.42 Å². The minimum atomic E-state index is -3.30. The van der Waals surface area contributed by atoms with Gasteiger partial charge >= 0.3 is 0 Å². The maximum Gasteiger partial charge on any atom is 0.224 e. The van der Waals surface area contributed by atoms with Gasteiger partial charge in [0.15, 0.2) is 9.84 Å². The molecule has 148 valence electrons. The highest BCUT2D eigenvalue weighted by atomic mass is 32.2. The molecule has 2 heterocycles. The number of sulfone groups is 1. The summed E-state index contributed by atoms with van der Waals surface area (Å²) >= 11 is 0. The zero-order valence-corrected chi connectivity index (χ0v) is 16.6. The molecule has 8 heteroatoms. The highest BCUT2D eigenvalue weighted by molar-refractivity contribution is 7.92. The van der Waals surface area contributed by atoms with Crippen LogP contribution in [0.25, 0.3) is 11.3 Å². The molecule has 0 saturated carbocycles. The van der Waals surface area contributed by atoms with E-state index in [1.165, 1.54) is 0 Å². The summed E-state index contributed by atoms with van der Waals surface area (Å²) < 4.78 is 31.3. The average Bonchev–Trinajstić information content (AvgIpc) is 3.33. The Bertz CT molecular complexity index is 1020. The van der Waals surface area contributed by atoms with E-state index >= 15 is 0 Å². The monoisotopic (exact) mass is 401 g/mol. The van der Waals surface area contributed by atoms with E-state index in [2.05, 4.69) is 10.4 Å². The Balaban J connectivity index is 1.48. The van der Waals surface area contributed by atoms with Gasteiger partial charge in [0.05, 0.1) is 41.1 Å². The summed E-state index contributed by atoms with van der Waals surface area (Å²) in [5.74, 6) is 0.621.